The van der Waals surface area contributed by atoms with Crippen LogP contribution >= 0.6 is 0 Å². The number of nitrogens with zero attached hydrogens (tertiary/aromatic N) is 2. The number of anilines is 2. The van der Waals surface area contributed by atoms with Gasteiger partial charge in [-0.25, -0.2) is 0 Å². The van der Waals surface area contributed by atoms with Crippen LogP contribution in [0.15, 0.2) is 48.5 Å². The fourth-order valence-electron chi connectivity index (χ4n) is 4.32. The highest BCUT2D eigenvalue weighted by molar-refractivity contribution is 5.91. The maximum Gasteiger partial charge on any atom is 0.230 e. The summed E-state index contributed by atoms with van der Waals surface area (Å²) >= 11 is 0. The molecule has 1 N–H and O–H groups in total. The maximum atomic E-state index is 13.8. The largest absolute Gasteiger partial charge is 0.377 e. The molecule has 0 radical (unpaired) electrons. The average molecular weight is 450 g/mol. The molecule has 0 aliphatic heterocycles. The Hall–Kier alpha value is -2.82. The van der Waals surface area contributed by atoms with Gasteiger partial charge in [-0.15, -0.1) is 0 Å². The Balaban J connectivity index is 1.87. The van der Waals surface area contributed by atoms with Crippen LogP contribution in [-0.2, 0) is 16.1 Å². The summed E-state index contributed by atoms with van der Waals surface area (Å²) < 4.78 is 0. The van der Waals surface area contributed by atoms with Crippen LogP contribution in [0.2, 0.25) is 0 Å². The summed E-state index contributed by atoms with van der Waals surface area (Å²) in [6.07, 6.45) is 3.65. The summed E-state index contributed by atoms with van der Waals surface area (Å²) in [7, 11) is 4.03. The number of carbonyl (C=O) groups excluding carboxylic acids is 2. The molecule has 5 heteroatoms. The van der Waals surface area contributed by atoms with Crippen molar-refractivity contribution < 1.29 is 9.59 Å². The van der Waals surface area contributed by atoms with Gasteiger partial charge in [-0.1, -0.05) is 51.1 Å². The summed E-state index contributed by atoms with van der Waals surface area (Å²) in [5.41, 5.74) is 3.99. The fraction of sp³-hybridized carbons (Fsp3) is 0.500. The summed E-state index contributed by atoms with van der Waals surface area (Å²) in [6, 6.07) is 16.1. The number of carbonyl (C=O) groups is 2. The number of rotatable bonds is 11. The Bertz CT molecular complexity index is 935. The van der Waals surface area contributed by atoms with Gasteiger partial charge in [0, 0.05) is 45.0 Å². The van der Waals surface area contributed by atoms with E-state index in [2.05, 4.69) is 29.3 Å². The monoisotopic (exact) mass is 449 g/mol. The molecule has 0 bridgehead atoms. The topological polar surface area (TPSA) is 52.7 Å². The smallest absolute Gasteiger partial charge is 0.230 e. The lowest BCUT2D eigenvalue weighted by molar-refractivity contribution is -0.133. The molecule has 0 saturated heterocycles. The molecule has 1 fully saturated rings. The third-order valence-corrected chi connectivity index (χ3v) is 6.20. The number of benzene rings is 2. The van der Waals surface area contributed by atoms with Crippen molar-refractivity contribution in [2.75, 3.05) is 30.9 Å². The van der Waals surface area contributed by atoms with Crippen LogP contribution in [0.3, 0.4) is 0 Å². The van der Waals surface area contributed by atoms with E-state index in [1.807, 2.05) is 69.2 Å². The first-order valence-corrected chi connectivity index (χ1v) is 12.2. The van der Waals surface area contributed by atoms with Gasteiger partial charge < -0.3 is 15.1 Å². The van der Waals surface area contributed by atoms with Crippen molar-refractivity contribution in [2.45, 2.75) is 58.9 Å². The zero-order chi connectivity index (χ0) is 24.0. The van der Waals surface area contributed by atoms with Crippen molar-refractivity contribution >= 4 is 23.2 Å². The van der Waals surface area contributed by atoms with E-state index in [1.165, 1.54) is 12.8 Å². The molecule has 0 unspecified atom stereocenters. The molecule has 1 aliphatic rings. The molecule has 1 atom stereocenters. The van der Waals surface area contributed by atoms with E-state index in [9.17, 15) is 9.59 Å². The summed E-state index contributed by atoms with van der Waals surface area (Å²) in [5, 5.41) is 3.03. The first-order chi connectivity index (χ1) is 15.8. The van der Waals surface area contributed by atoms with Gasteiger partial charge in [0.05, 0.1) is 5.92 Å². The molecular formula is C28H39N3O2. The number of nitrogens with one attached hydrogen (secondary N) is 1. The van der Waals surface area contributed by atoms with Crippen LogP contribution in [0.1, 0.15) is 63.5 Å². The highest BCUT2D eigenvalue weighted by Crippen LogP contribution is 2.33. The number of hydrogen-bond acceptors (Lipinski definition) is 3. The van der Waals surface area contributed by atoms with Crippen molar-refractivity contribution in [3.8, 4) is 0 Å². The van der Waals surface area contributed by atoms with Gasteiger partial charge in [0.2, 0.25) is 11.8 Å². The molecule has 2 aromatic carbocycles. The van der Waals surface area contributed by atoms with E-state index >= 15 is 0 Å². The standard InChI is InChI=1S/C28H39N3O2/c1-6-25(22-10-8-7-9-11-22)28(33)31(18-21-12-13-21)19-23-17-24(14-15-26(23)30(4)5)29-27(32)16-20(2)3/h7-11,14-15,17,20-21,25H,6,12-13,16,18-19H2,1-5H3,(H,29,32)/t25-/m0/s1. The van der Waals surface area contributed by atoms with Crippen molar-refractivity contribution in [2.24, 2.45) is 11.8 Å². The van der Waals surface area contributed by atoms with Crippen molar-refractivity contribution in [3.05, 3.63) is 59.7 Å². The second kappa shape index (κ2) is 11.4. The van der Waals surface area contributed by atoms with E-state index in [1.54, 1.807) is 0 Å². The highest BCUT2D eigenvalue weighted by Gasteiger charge is 2.31. The van der Waals surface area contributed by atoms with E-state index in [0.717, 1.165) is 35.5 Å². The van der Waals surface area contributed by atoms with Crippen LogP contribution in [0, 0.1) is 11.8 Å². The Labute approximate surface area is 199 Å². The predicted octanol–water partition coefficient (Wildman–Crippen LogP) is 5.67. The minimum absolute atomic E-state index is 0.0228. The zero-order valence-electron chi connectivity index (χ0n) is 20.8. The van der Waals surface area contributed by atoms with Gasteiger partial charge in [0.25, 0.3) is 0 Å². The molecule has 2 aromatic rings. The summed E-state index contributed by atoms with van der Waals surface area (Å²) in [5.74, 6) is 0.978. The quantitative estimate of drug-likeness (QED) is 0.481. The third kappa shape index (κ3) is 7.08. The van der Waals surface area contributed by atoms with E-state index < -0.39 is 0 Å². The number of amides is 2. The second-order valence-electron chi connectivity index (χ2n) is 9.92. The first-order valence-electron chi connectivity index (χ1n) is 12.2. The Morgan fingerprint density at radius 2 is 1.76 bits per heavy atom. The first kappa shape index (κ1) is 24.8. The molecule has 0 spiro atoms. The van der Waals surface area contributed by atoms with Crippen LogP contribution in [0.4, 0.5) is 11.4 Å². The van der Waals surface area contributed by atoms with Crippen LogP contribution in [0.25, 0.3) is 0 Å². The van der Waals surface area contributed by atoms with E-state index in [4.69, 9.17) is 0 Å². The minimum atomic E-state index is -0.137. The third-order valence-electron chi connectivity index (χ3n) is 6.20. The Kier molecular flexibility index (Phi) is 8.54. The second-order valence-corrected chi connectivity index (χ2v) is 9.92. The van der Waals surface area contributed by atoms with E-state index in [-0.39, 0.29) is 17.7 Å². The maximum absolute atomic E-state index is 13.8. The van der Waals surface area contributed by atoms with Gasteiger partial charge in [-0.2, -0.15) is 0 Å². The predicted molar refractivity (Wildman–Crippen MR) is 136 cm³/mol. The SMILES string of the molecule is CC[C@H](C(=O)N(Cc1cc(NC(=O)CC(C)C)ccc1N(C)C)CC1CC1)c1ccccc1. The Morgan fingerprint density at radius 3 is 2.33 bits per heavy atom. The fourth-order valence-corrected chi connectivity index (χ4v) is 4.32. The van der Waals surface area contributed by atoms with Crippen LogP contribution < -0.4 is 10.2 Å². The zero-order valence-corrected chi connectivity index (χ0v) is 20.8. The molecule has 178 valence electrons. The van der Waals surface area contributed by atoms with Crippen molar-refractivity contribution in [3.63, 3.8) is 0 Å². The van der Waals surface area contributed by atoms with Gasteiger partial charge in [-0.05, 0) is 60.4 Å². The average Bonchev–Trinajstić information content (AvgIpc) is 3.58. The van der Waals surface area contributed by atoms with Crippen LogP contribution in [-0.4, -0.2) is 37.4 Å². The van der Waals surface area contributed by atoms with Gasteiger partial charge in [0.15, 0.2) is 0 Å². The van der Waals surface area contributed by atoms with E-state index in [0.29, 0.717) is 24.8 Å². The summed E-state index contributed by atoms with van der Waals surface area (Å²) in [4.78, 5) is 30.2. The summed E-state index contributed by atoms with van der Waals surface area (Å²) in [6.45, 7) is 7.50. The van der Waals surface area contributed by atoms with Gasteiger partial charge in [-0.3, -0.25) is 9.59 Å². The highest BCUT2D eigenvalue weighted by atomic mass is 16.2. The molecule has 5 nitrogen and oxygen atoms in total. The normalized spacial score (nSPS) is 14.1. The molecular weight excluding hydrogens is 410 g/mol. The molecule has 2 amide bonds. The van der Waals surface area contributed by atoms with Crippen molar-refractivity contribution in [1.82, 2.24) is 4.90 Å². The lowest BCUT2D eigenvalue weighted by atomic mass is 9.94. The molecule has 33 heavy (non-hydrogen) atoms. The molecule has 3 rings (SSSR count). The van der Waals surface area contributed by atoms with Gasteiger partial charge >= 0.3 is 0 Å². The molecule has 0 heterocycles. The van der Waals surface area contributed by atoms with Crippen LogP contribution in [0.5, 0.6) is 0 Å². The van der Waals surface area contributed by atoms with Crippen molar-refractivity contribution in [1.29, 1.82) is 0 Å². The van der Waals surface area contributed by atoms with Gasteiger partial charge in [0.1, 0.15) is 0 Å². The molecule has 1 saturated carbocycles. The minimum Gasteiger partial charge on any atom is -0.377 e. The molecule has 1 aliphatic carbocycles. The number of hydrogen-bond donors (Lipinski definition) is 1. The Morgan fingerprint density at radius 1 is 1.06 bits per heavy atom. The molecule has 0 aromatic heterocycles. The lowest BCUT2D eigenvalue weighted by Crippen LogP contribution is -2.36. The lowest BCUT2D eigenvalue weighted by Gasteiger charge is -2.29.